The van der Waals surface area contributed by atoms with E-state index in [1.54, 1.807) is 16.7 Å². The first kappa shape index (κ1) is 16.6. The van der Waals surface area contributed by atoms with Crippen LogP contribution in [0.2, 0.25) is 0 Å². The SMILES string of the molecule is O=C(O)CC1CSCCN1C(=O)c1ccc(-c2ccccc2)cc1. The Hall–Kier alpha value is -2.27. The number of carbonyl (C=O) groups is 2. The summed E-state index contributed by atoms with van der Waals surface area (Å²) < 4.78 is 0. The maximum Gasteiger partial charge on any atom is 0.305 e. The van der Waals surface area contributed by atoms with Crippen LogP contribution in [0.25, 0.3) is 11.1 Å². The largest absolute Gasteiger partial charge is 0.481 e. The van der Waals surface area contributed by atoms with Gasteiger partial charge in [-0.25, -0.2) is 0 Å². The molecule has 1 atom stereocenters. The third-order valence-corrected chi connectivity index (χ3v) is 5.23. The second kappa shape index (κ2) is 7.53. The van der Waals surface area contributed by atoms with Crippen LogP contribution in [-0.4, -0.2) is 46.0 Å². The monoisotopic (exact) mass is 341 g/mol. The molecule has 124 valence electrons. The molecule has 1 amide bonds. The summed E-state index contributed by atoms with van der Waals surface area (Å²) in [5.41, 5.74) is 2.77. The van der Waals surface area contributed by atoms with Crippen LogP contribution in [0, 0.1) is 0 Å². The fourth-order valence-corrected chi connectivity index (χ4v) is 3.96. The molecule has 0 aromatic heterocycles. The summed E-state index contributed by atoms with van der Waals surface area (Å²) in [7, 11) is 0. The summed E-state index contributed by atoms with van der Waals surface area (Å²) in [5.74, 6) is 0.588. The first-order valence-electron chi connectivity index (χ1n) is 7.91. The quantitative estimate of drug-likeness (QED) is 0.926. The van der Waals surface area contributed by atoms with Gasteiger partial charge in [0.05, 0.1) is 12.5 Å². The normalized spacial score (nSPS) is 17.5. The van der Waals surface area contributed by atoms with Crippen LogP contribution in [0.1, 0.15) is 16.8 Å². The summed E-state index contributed by atoms with van der Waals surface area (Å²) in [6.07, 6.45) is 0.000832. The molecule has 1 N–H and O–H groups in total. The Kier molecular flexibility index (Phi) is 5.20. The lowest BCUT2D eigenvalue weighted by Crippen LogP contribution is -2.47. The molecule has 0 radical (unpaired) electrons. The van der Waals surface area contributed by atoms with Crippen LogP contribution in [0.5, 0.6) is 0 Å². The molecule has 5 heteroatoms. The maximum absolute atomic E-state index is 12.8. The predicted octanol–water partition coefficient (Wildman–Crippen LogP) is 3.39. The molecule has 0 spiro atoms. The van der Waals surface area contributed by atoms with Crippen molar-refractivity contribution in [1.82, 2.24) is 4.90 Å². The number of carbonyl (C=O) groups excluding carboxylic acids is 1. The average Bonchev–Trinajstić information content (AvgIpc) is 2.62. The molecular formula is C19H19NO3S. The van der Waals surface area contributed by atoms with Gasteiger partial charge in [-0.05, 0) is 23.3 Å². The van der Waals surface area contributed by atoms with Gasteiger partial charge in [-0.3, -0.25) is 9.59 Å². The number of aliphatic carboxylic acids is 1. The number of carboxylic acid groups (broad SMARTS) is 1. The van der Waals surface area contributed by atoms with Gasteiger partial charge in [0.1, 0.15) is 0 Å². The van der Waals surface area contributed by atoms with Gasteiger partial charge in [0, 0.05) is 23.6 Å². The van der Waals surface area contributed by atoms with Crippen LogP contribution in [-0.2, 0) is 4.79 Å². The summed E-state index contributed by atoms with van der Waals surface area (Å²) in [6, 6.07) is 17.3. The van der Waals surface area contributed by atoms with Gasteiger partial charge in [0.25, 0.3) is 5.91 Å². The van der Waals surface area contributed by atoms with E-state index in [1.807, 2.05) is 54.6 Å². The minimum atomic E-state index is -0.861. The van der Waals surface area contributed by atoms with E-state index < -0.39 is 5.97 Å². The molecule has 0 saturated carbocycles. The molecule has 0 bridgehead atoms. The molecule has 0 aliphatic carbocycles. The number of rotatable bonds is 4. The van der Waals surface area contributed by atoms with Crippen molar-refractivity contribution in [2.45, 2.75) is 12.5 Å². The lowest BCUT2D eigenvalue weighted by Gasteiger charge is -2.34. The van der Waals surface area contributed by atoms with Gasteiger partial charge in [-0.2, -0.15) is 11.8 Å². The Morgan fingerprint density at radius 3 is 2.38 bits per heavy atom. The summed E-state index contributed by atoms with van der Waals surface area (Å²) >= 11 is 1.70. The van der Waals surface area contributed by atoms with Gasteiger partial charge in [0.15, 0.2) is 0 Å². The number of carboxylic acids is 1. The molecule has 2 aromatic carbocycles. The lowest BCUT2D eigenvalue weighted by molar-refractivity contribution is -0.138. The fraction of sp³-hybridized carbons (Fsp3) is 0.263. The number of hydrogen-bond acceptors (Lipinski definition) is 3. The van der Waals surface area contributed by atoms with E-state index in [-0.39, 0.29) is 18.4 Å². The minimum absolute atomic E-state index is 0.000832. The molecule has 1 aliphatic heterocycles. The fourth-order valence-electron chi connectivity index (χ4n) is 2.89. The molecular weight excluding hydrogens is 322 g/mol. The van der Waals surface area contributed by atoms with Crippen LogP contribution in [0.3, 0.4) is 0 Å². The molecule has 3 rings (SSSR count). The van der Waals surface area contributed by atoms with E-state index in [1.165, 1.54) is 0 Å². The first-order valence-corrected chi connectivity index (χ1v) is 9.06. The molecule has 1 unspecified atom stereocenters. The van der Waals surface area contributed by atoms with Crippen LogP contribution in [0.15, 0.2) is 54.6 Å². The number of thioether (sulfide) groups is 1. The van der Waals surface area contributed by atoms with E-state index in [0.717, 1.165) is 16.9 Å². The highest BCUT2D eigenvalue weighted by Gasteiger charge is 2.29. The zero-order valence-corrected chi connectivity index (χ0v) is 14.0. The Balaban J connectivity index is 1.77. The van der Waals surface area contributed by atoms with Crippen LogP contribution < -0.4 is 0 Å². The minimum Gasteiger partial charge on any atom is -0.481 e. The zero-order chi connectivity index (χ0) is 16.9. The van der Waals surface area contributed by atoms with Gasteiger partial charge < -0.3 is 10.0 Å². The summed E-state index contributed by atoms with van der Waals surface area (Å²) in [4.78, 5) is 25.5. The third-order valence-electron chi connectivity index (χ3n) is 4.14. The molecule has 2 aromatic rings. The van der Waals surface area contributed by atoms with Gasteiger partial charge in [-0.1, -0.05) is 42.5 Å². The van der Waals surface area contributed by atoms with Gasteiger partial charge in [-0.15, -0.1) is 0 Å². The van der Waals surface area contributed by atoms with Crippen LogP contribution in [0.4, 0.5) is 0 Å². The highest BCUT2D eigenvalue weighted by atomic mass is 32.2. The van der Waals surface area contributed by atoms with E-state index in [4.69, 9.17) is 5.11 Å². The lowest BCUT2D eigenvalue weighted by atomic mass is 10.0. The number of benzene rings is 2. The highest BCUT2D eigenvalue weighted by molar-refractivity contribution is 7.99. The Morgan fingerprint density at radius 2 is 1.71 bits per heavy atom. The third kappa shape index (κ3) is 3.79. The number of hydrogen-bond donors (Lipinski definition) is 1. The predicted molar refractivity (Wildman–Crippen MR) is 96.3 cm³/mol. The molecule has 1 aliphatic rings. The summed E-state index contributed by atoms with van der Waals surface area (Å²) in [5, 5.41) is 9.05. The Labute approximate surface area is 145 Å². The Morgan fingerprint density at radius 1 is 1.04 bits per heavy atom. The van der Waals surface area contributed by atoms with Gasteiger partial charge >= 0.3 is 5.97 Å². The van der Waals surface area contributed by atoms with E-state index in [2.05, 4.69) is 0 Å². The van der Waals surface area contributed by atoms with Crippen molar-refractivity contribution in [3.05, 3.63) is 60.2 Å². The van der Waals surface area contributed by atoms with Crippen molar-refractivity contribution in [3.8, 4) is 11.1 Å². The van der Waals surface area contributed by atoms with Crippen molar-refractivity contribution in [1.29, 1.82) is 0 Å². The van der Waals surface area contributed by atoms with Crippen molar-refractivity contribution >= 4 is 23.6 Å². The molecule has 1 heterocycles. The van der Waals surface area contributed by atoms with E-state index in [9.17, 15) is 9.59 Å². The van der Waals surface area contributed by atoms with Crippen LogP contribution >= 0.6 is 11.8 Å². The number of amides is 1. The summed E-state index contributed by atoms with van der Waals surface area (Å²) in [6.45, 7) is 0.599. The molecule has 1 saturated heterocycles. The highest BCUT2D eigenvalue weighted by Crippen LogP contribution is 2.23. The number of nitrogens with zero attached hydrogens (tertiary/aromatic N) is 1. The van der Waals surface area contributed by atoms with Crippen molar-refractivity contribution in [3.63, 3.8) is 0 Å². The van der Waals surface area contributed by atoms with Crippen molar-refractivity contribution in [2.75, 3.05) is 18.1 Å². The average molecular weight is 341 g/mol. The maximum atomic E-state index is 12.8. The smallest absolute Gasteiger partial charge is 0.305 e. The standard InChI is InChI=1S/C19H19NO3S/c21-18(22)12-17-13-24-11-10-20(17)19(23)16-8-6-15(7-9-16)14-4-2-1-3-5-14/h1-9,17H,10-13H2,(H,21,22). The van der Waals surface area contributed by atoms with Gasteiger partial charge in [0.2, 0.25) is 0 Å². The molecule has 24 heavy (non-hydrogen) atoms. The molecule has 4 nitrogen and oxygen atoms in total. The first-order chi connectivity index (χ1) is 11.6. The van der Waals surface area contributed by atoms with E-state index >= 15 is 0 Å². The van der Waals surface area contributed by atoms with Crippen molar-refractivity contribution in [2.24, 2.45) is 0 Å². The van der Waals surface area contributed by atoms with E-state index in [0.29, 0.717) is 17.9 Å². The molecule has 1 fully saturated rings. The second-order valence-electron chi connectivity index (χ2n) is 5.77. The second-order valence-corrected chi connectivity index (χ2v) is 6.92. The zero-order valence-electron chi connectivity index (χ0n) is 13.2. The Bertz CT molecular complexity index is 715. The topological polar surface area (TPSA) is 57.6 Å². The van der Waals surface area contributed by atoms with Crippen molar-refractivity contribution < 1.29 is 14.7 Å².